The molecule has 4 rings (SSSR count). The summed E-state index contributed by atoms with van der Waals surface area (Å²) in [6.07, 6.45) is 6.00. The van der Waals surface area contributed by atoms with E-state index in [1.165, 1.54) is 31.4 Å². The molecule has 0 spiro atoms. The van der Waals surface area contributed by atoms with Crippen molar-refractivity contribution in [3.63, 3.8) is 0 Å². The van der Waals surface area contributed by atoms with Crippen LogP contribution in [0.4, 0.5) is 17.5 Å². The number of nitro groups is 1. The van der Waals surface area contributed by atoms with Gasteiger partial charge >= 0.3 is 0 Å². The number of rotatable bonds is 4. The summed E-state index contributed by atoms with van der Waals surface area (Å²) >= 11 is 0. The Kier molecular flexibility index (Phi) is 4.58. The number of nitrogen functional groups attached to an aromatic ring is 1. The van der Waals surface area contributed by atoms with E-state index in [0.29, 0.717) is 6.04 Å². The Bertz CT molecular complexity index is 982. The molecule has 3 aromatic rings. The summed E-state index contributed by atoms with van der Waals surface area (Å²) in [5.74, 6) is 1.01. The second-order valence-electron chi connectivity index (χ2n) is 6.95. The van der Waals surface area contributed by atoms with Crippen LogP contribution < -0.4 is 11.1 Å². The Morgan fingerprint density at radius 1 is 1.00 bits per heavy atom. The van der Waals surface area contributed by atoms with Crippen molar-refractivity contribution in [2.75, 3.05) is 11.1 Å². The van der Waals surface area contributed by atoms with E-state index in [-0.39, 0.29) is 11.6 Å². The molecule has 1 aliphatic rings. The summed E-state index contributed by atoms with van der Waals surface area (Å²) in [5.41, 5.74) is 8.62. The number of nitrogens with zero attached hydrogens (tertiary/aromatic N) is 3. The highest BCUT2D eigenvalue weighted by atomic mass is 16.6. The fourth-order valence-electron chi connectivity index (χ4n) is 3.65. The molecule has 1 heterocycles. The van der Waals surface area contributed by atoms with Gasteiger partial charge in [-0.25, -0.2) is 4.98 Å². The Morgan fingerprint density at radius 3 is 2.41 bits per heavy atom. The zero-order valence-electron chi connectivity index (χ0n) is 14.9. The first-order valence-corrected chi connectivity index (χ1v) is 9.19. The Morgan fingerprint density at radius 2 is 1.70 bits per heavy atom. The van der Waals surface area contributed by atoms with Crippen molar-refractivity contribution in [2.24, 2.45) is 0 Å². The van der Waals surface area contributed by atoms with Gasteiger partial charge in [0.05, 0.1) is 10.4 Å². The second-order valence-corrected chi connectivity index (χ2v) is 6.95. The zero-order valence-corrected chi connectivity index (χ0v) is 14.9. The molecule has 138 valence electrons. The maximum absolute atomic E-state index is 10.9. The molecule has 0 saturated heterocycles. The minimum atomic E-state index is -0.396. The van der Waals surface area contributed by atoms with Crippen molar-refractivity contribution < 1.29 is 4.92 Å². The summed E-state index contributed by atoms with van der Waals surface area (Å²) in [7, 11) is 0. The monoisotopic (exact) mass is 363 g/mol. The number of nitro benzene ring substituents is 1. The minimum absolute atomic E-state index is 0.0790. The van der Waals surface area contributed by atoms with E-state index in [4.69, 9.17) is 5.73 Å². The number of fused-ring (bicyclic) bond motifs is 1. The molecule has 0 unspecified atom stereocenters. The fourth-order valence-corrected chi connectivity index (χ4v) is 3.65. The standard InChI is InChI=1S/C20H21N5O2/c21-20-23-18-11-8-14(13-6-9-16(10-7-13)25(26)27)12-17(18)19(24-20)22-15-4-2-1-3-5-15/h6-12,15H,1-5H2,(H3,21,22,23,24). The van der Waals surface area contributed by atoms with E-state index < -0.39 is 4.92 Å². The van der Waals surface area contributed by atoms with Crippen molar-refractivity contribution in [2.45, 2.75) is 38.1 Å². The van der Waals surface area contributed by atoms with Crippen LogP contribution in [0.1, 0.15) is 32.1 Å². The largest absolute Gasteiger partial charge is 0.368 e. The van der Waals surface area contributed by atoms with Gasteiger partial charge in [-0.1, -0.05) is 25.3 Å². The molecule has 2 aromatic carbocycles. The third-order valence-electron chi connectivity index (χ3n) is 5.07. The maximum atomic E-state index is 10.9. The van der Waals surface area contributed by atoms with Crippen LogP contribution in [0.3, 0.4) is 0 Å². The zero-order chi connectivity index (χ0) is 18.8. The molecule has 0 bridgehead atoms. The lowest BCUT2D eigenvalue weighted by atomic mass is 9.95. The van der Waals surface area contributed by atoms with E-state index in [0.717, 1.165) is 40.7 Å². The lowest BCUT2D eigenvalue weighted by Gasteiger charge is -2.24. The first kappa shape index (κ1) is 17.2. The molecule has 1 fully saturated rings. The number of benzene rings is 2. The topological polar surface area (TPSA) is 107 Å². The Balaban J connectivity index is 1.72. The minimum Gasteiger partial charge on any atom is -0.368 e. The van der Waals surface area contributed by atoms with E-state index in [1.807, 2.05) is 18.2 Å². The second kappa shape index (κ2) is 7.19. The van der Waals surface area contributed by atoms with Crippen molar-refractivity contribution in [1.82, 2.24) is 9.97 Å². The lowest BCUT2D eigenvalue weighted by molar-refractivity contribution is -0.384. The van der Waals surface area contributed by atoms with Gasteiger partial charge in [0.2, 0.25) is 5.95 Å². The smallest absolute Gasteiger partial charge is 0.269 e. The van der Waals surface area contributed by atoms with Gasteiger partial charge in [0, 0.05) is 23.6 Å². The van der Waals surface area contributed by atoms with Gasteiger partial charge in [0.25, 0.3) is 5.69 Å². The van der Waals surface area contributed by atoms with E-state index in [2.05, 4.69) is 15.3 Å². The lowest BCUT2D eigenvalue weighted by Crippen LogP contribution is -2.23. The van der Waals surface area contributed by atoms with Crippen molar-refractivity contribution in [3.8, 4) is 11.1 Å². The van der Waals surface area contributed by atoms with Gasteiger partial charge in [0.15, 0.2) is 0 Å². The quantitative estimate of drug-likeness (QED) is 0.521. The number of nitrogens with two attached hydrogens (primary N) is 1. The molecule has 7 heteroatoms. The molecule has 1 saturated carbocycles. The molecule has 0 atom stereocenters. The van der Waals surface area contributed by atoms with E-state index in [1.54, 1.807) is 12.1 Å². The highest BCUT2D eigenvalue weighted by Crippen LogP contribution is 2.30. The summed E-state index contributed by atoms with van der Waals surface area (Å²) in [5, 5.41) is 15.3. The molecule has 0 aliphatic heterocycles. The molecule has 1 aliphatic carbocycles. The summed E-state index contributed by atoms with van der Waals surface area (Å²) in [6, 6.07) is 12.8. The Hall–Kier alpha value is -3.22. The van der Waals surface area contributed by atoms with Gasteiger partial charge < -0.3 is 11.1 Å². The predicted molar refractivity (Wildman–Crippen MR) is 107 cm³/mol. The molecular formula is C20H21N5O2. The van der Waals surface area contributed by atoms with Gasteiger partial charge in [0.1, 0.15) is 5.82 Å². The van der Waals surface area contributed by atoms with Crippen LogP contribution >= 0.6 is 0 Å². The fraction of sp³-hybridized carbons (Fsp3) is 0.300. The third-order valence-corrected chi connectivity index (χ3v) is 5.07. The third kappa shape index (κ3) is 3.67. The molecular weight excluding hydrogens is 342 g/mol. The SMILES string of the molecule is Nc1nc(NC2CCCCC2)c2cc(-c3ccc([N+](=O)[O-])cc3)ccc2n1. The van der Waals surface area contributed by atoms with Crippen LogP contribution in [-0.4, -0.2) is 20.9 Å². The van der Waals surface area contributed by atoms with Crippen LogP contribution in [0.25, 0.3) is 22.0 Å². The molecule has 3 N–H and O–H groups in total. The number of hydrogen-bond donors (Lipinski definition) is 2. The number of non-ortho nitro benzene ring substituents is 1. The van der Waals surface area contributed by atoms with Crippen LogP contribution in [-0.2, 0) is 0 Å². The summed E-state index contributed by atoms with van der Waals surface area (Å²) < 4.78 is 0. The molecule has 1 aromatic heterocycles. The first-order valence-electron chi connectivity index (χ1n) is 9.19. The average Bonchev–Trinajstić information content (AvgIpc) is 2.68. The Labute approximate surface area is 156 Å². The van der Waals surface area contributed by atoms with Crippen LogP contribution in [0.2, 0.25) is 0 Å². The van der Waals surface area contributed by atoms with Crippen LogP contribution in [0.5, 0.6) is 0 Å². The van der Waals surface area contributed by atoms with Gasteiger partial charge in [-0.2, -0.15) is 4.98 Å². The van der Waals surface area contributed by atoms with Crippen molar-refractivity contribution in [3.05, 3.63) is 52.6 Å². The van der Waals surface area contributed by atoms with Gasteiger partial charge in [-0.3, -0.25) is 10.1 Å². The van der Waals surface area contributed by atoms with Crippen molar-refractivity contribution in [1.29, 1.82) is 0 Å². The number of hydrogen-bond acceptors (Lipinski definition) is 6. The molecule has 7 nitrogen and oxygen atoms in total. The maximum Gasteiger partial charge on any atom is 0.269 e. The summed E-state index contributed by atoms with van der Waals surface area (Å²) in [4.78, 5) is 19.2. The molecule has 0 radical (unpaired) electrons. The van der Waals surface area contributed by atoms with E-state index >= 15 is 0 Å². The van der Waals surface area contributed by atoms with Crippen LogP contribution in [0, 0.1) is 10.1 Å². The van der Waals surface area contributed by atoms with Gasteiger partial charge in [-0.05, 0) is 48.2 Å². The molecule has 0 amide bonds. The average molecular weight is 363 g/mol. The predicted octanol–water partition coefficient (Wildman–Crippen LogP) is 4.53. The normalized spacial score (nSPS) is 15.0. The first-order chi connectivity index (χ1) is 13.1. The number of anilines is 2. The van der Waals surface area contributed by atoms with Gasteiger partial charge in [-0.15, -0.1) is 0 Å². The van der Waals surface area contributed by atoms with Crippen LogP contribution in [0.15, 0.2) is 42.5 Å². The van der Waals surface area contributed by atoms with Crippen molar-refractivity contribution >= 4 is 28.4 Å². The highest BCUT2D eigenvalue weighted by Gasteiger charge is 2.16. The van der Waals surface area contributed by atoms with E-state index in [9.17, 15) is 10.1 Å². The number of nitrogens with one attached hydrogen (secondary N) is 1. The highest BCUT2D eigenvalue weighted by molar-refractivity contribution is 5.93. The number of aromatic nitrogens is 2. The summed E-state index contributed by atoms with van der Waals surface area (Å²) in [6.45, 7) is 0. The molecule has 27 heavy (non-hydrogen) atoms.